The first-order valence-corrected chi connectivity index (χ1v) is 7.33. The van der Waals surface area contributed by atoms with Gasteiger partial charge in [0.2, 0.25) is 5.91 Å². The zero-order valence-corrected chi connectivity index (χ0v) is 12.6. The lowest BCUT2D eigenvalue weighted by molar-refractivity contribution is -0.157. The maximum Gasteiger partial charge on any atom is 0.328 e. The molecule has 22 heavy (non-hydrogen) atoms. The quantitative estimate of drug-likeness (QED) is 0.634. The van der Waals surface area contributed by atoms with E-state index >= 15 is 0 Å². The number of hydrogen-bond acceptors (Lipinski definition) is 3. The second kappa shape index (κ2) is 7.20. The van der Waals surface area contributed by atoms with Crippen LogP contribution in [-0.2, 0) is 14.3 Å². The van der Waals surface area contributed by atoms with Crippen LogP contribution in [0.25, 0.3) is 0 Å². The van der Waals surface area contributed by atoms with Gasteiger partial charge in [-0.15, -0.1) is 6.58 Å². The van der Waals surface area contributed by atoms with Crippen molar-refractivity contribution >= 4 is 11.9 Å². The molecule has 0 saturated carbocycles. The SMILES string of the molecule is C=CCC(=O)N1[C@@H](C(=O)OC)CCC[C@H]1c1ccc(F)cc1. The summed E-state index contributed by atoms with van der Waals surface area (Å²) in [5.74, 6) is -0.906. The molecule has 0 aliphatic carbocycles. The molecule has 1 aromatic rings. The van der Waals surface area contributed by atoms with Crippen molar-refractivity contribution in [3.63, 3.8) is 0 Å². The molecule has 4 nitrogen and oxygen atoms in total. The summed E-state index contributed by atoms with van der Waals surface area (Å²) in [5.41, 5.74) is 0.826. The van der Waals surface area contributed by atoms with Crippen LogP contribution in [0.1, 0.15) is 37.3 Å². The molecule has 1 amide bonds. The first kappa shape index (κ1) is 16.2. The van der Waals surface area contributed by atoms with Crippen LogP contribution in [0.15, 0.2) is 36.9 Å². The molecule has 1 fully saturated rings. The molecule has 1 aromatic carbocycles. The van der Waals surface area contributed by atoms with E-state index in [0.717, 1.165) is 18.4 Å². The van der Waals surface area contributed by atoms with E-state index in [9.17, 15) is 14.0 Å². The molecule has 0 unspecified atom stereocenters. The van der Waals surface area contributed by atoms with E-state index in [0.29, 0.717) is 6.42 Å². The lowest BCUT2D eigenvalue weighted by Crippen LogP contribution is -2.49. The Labute approximate surface area is 129 Å². The molecule has 0 N–H and O–H groups in total. The van der Waals surface area contributed by atoms with Crippen LogP contribution in [0, 0.1) is 5.82 Å². The molecule has 0 bridgehead atoms. The number of benzene rings is 1. The minimum atomic E-state index is -0.596. The number of amides is 1. The summed E-state index contributed by atoms with van der Waals surface area (Å²) in [5, 5.41) is 0. The zero-order valence-electron chi connectivity index (χ0n) is 12.6. The third-order valence-corrected chi connectivity index (χ3v) is 3.96. The summed E-state index contributed by atoms with van der Waals surface area (Å²) in [4.78, 5) is 26.0. The molecule has 2 rings (SSSR count). The van der Waals surface area contributed by atoms with Gasteiger partial charge in [0, 0.05) is 6.42 Å². The molecular weight excluding hydrogens is 285 g/mol. The number of esters is 1. The van der Waals surface area contributed by atoms with E-state index in [1.807, 2.05) is 0 Å². The number of halogens is 1. The number of hydrogen-bond donors (Lipinski definition) is 0. The summed E-state index contributed by atoms with van der Waals surface area (Å²) in [6.07, 6.45) is 3.80. The Morgan fingerprint density at radius 1 is 1.36 bits per heavy atom. The second-order valence-electron chi connectivity index (χ2n) is 5.33. The standard InChI is InChI=1S/C17H20FNO3/c1-3-5-16(20)19-14(12-8-10-13(18)11-9-12)6-4-7-15(19)17(21)22-2/h3,8-11,14-15H,1,4-7H2,2H3/t14-,15+/m0/s1. The summed E-state index contributed by atoms with van der Waals surface area (Å²) in [6.45, 7) is 3.58. The van der Waals surface area contributed by atoms with Crippen molar-refractivity contribution < 1.29 is 18.7 Å². The molecule has 1 aliphatic heterocycles. The molecule has 1 aliphatic rings. The second-order valence-corrected chi connectivity index (χ2v) is 5.33. The lowest BCUT2D eigenvalue weighted by atomic mass is 9.90. The van der Waals surface area contributed by atoms with Crippen LogP contribution in [0.2, 0.25) is 0 Å². The van der Waals surface area contributed by atoms with Gasteiger partial charge in [0.15, 0.2) is 0 Å². The minimum Gasteiger partial charge on any atom is -0.467 e. The van der Waals surface area contributed by atoms with Crippen LogP contribution in [0.4, 0.5) is 4.39 Å². The summed E-state index contributed by atoms with van der Waals surface area (Å²) < 4.78 is 18.0. The molecule has 2 atom stereocenters. The molecule has 0 aromatic heterocycles. The normalized spacial score (nSPS) is 21.3. The summed E-state index contributed by atoms with van der Waals surface area (Å²) in [6, 6.07) is 5.22. The fourth-order valence-corrected chi connectivity index (χ4v) is 2.96. The Morgan fingerprint density at radius 2 is 2.05 bits per heavy atom. The van der Waals surface area contributed by atoms with Gasteiger partial charge in [-0.2, -0.15) is 0 Å². The number of nitrogens with zero attached hydrogens (tertiary/aromatic N) is 1. The maximum atomic E-state index is 13.1. The molecule has 118 valence electrons. The highest BCUT2D eigenvalue weighted by Gasteiger charge is 2.38. The van der Waals surface area contributed by atoms with Gasteiger partial charge in [-0.3, -0.25) is 4.79 Å². The van der Waals surface area contributed by atoms with Crippen LogP contribution in [-0.4, -0.2) is 29.9 Å². The highest BCUT2D eigenvalue weighted by atomic mass is 19.1. The maximum absolute atomic E-state index is 13.1. The number of likely N-dealkylation sites (tertiary alicyclic amines) is 1. The predicted molar refractivity (Wildman–Crippen MR) is 80.5 cm³/mol. The Hall–Kier alpha value is -2.17. The smallest absolute Gasteiger partial charge is 0.328 e. The Balaban J connectivity index is 2.35. The molecular formula is C17H20FNO3. The van der Waals surface area contributed by atoms with Gasteiger partial charge in [0.05, 0.1) is 13.2 Å². The molecule has 1 heterocycles. The molecule has 5 heteroatoms. The number of methoxy groups -OCH3 is 1. The lowest BCUT2D eigenvalue weighted by Gasteiger charge is -2.41. The van der Waals surface area contributed by atoms with Crippen LogP contribution in [0.5, 0.6) is 0 Å². The van der Waals surface area contributed by atoms with Crippen molar-refractivity contribution in [2.24, 2.45) is 0 Å². The summed E-state index contributed by atoms with van der Waals surface area (Å²) >= 11 is 0. The Morgan fingerprint density at radius 3 is 2.64 bits per heavy atom. The van der Waals surface area contributed by atoms with Crippen molar-refractivity contribution in [2.45, 2.75) is 37.8 Å². The largest absolute Gasteiger partial charge is 0.467 e. The third-order valence-electron chi connectivity index (χ3n) is 3.96. The fourth-order valence-electron chi connectivity index (χ4n) is 2.96. The van der Waals surface area contributed by atoms with E-state index in [1.54, 1.807) is 17.0 Å². The monoisotopic (exact) mass is 305 g/mol. The first-order valence-electron chi connectivity index (χ1n) is 7.33. The van der Waals surface area contributed by atoms with Crippen molar-refractivity contribution in [1.82, 2.24) is 4.90 Å². The number of carbonyl (C=O) groups excluding carboxylic acids is 2. The van der Waals surface area contributed by atoms with Crippen LogP contribution < -0.4 is 0 Å². The van der Waals surface area contributed by atoms with Gasteiger partial charge in [-0.1, -0.05) is 18.2 Å². The summed E-state index contributed by atoms with van der Waals surface area (Å²) in [7, 11) is 1.32. The van der Waals surface area contributed by atoms with Gasteiger partial charge in [0.25, 0.3) is 0 Å². The zero-order chi connectivity index (χ0) is 16.1. The van der Waals surface area contributed by atoms with Crippen molar-refractivity contribution in [1.29, 1.82) is 0 Å². The van der Waals surface area contributed by atoms with E-state index in [1.165, 1.54) is 25.3 Å². The van der Waals surface area contributed by atoms with Gasteiger partial charge in [0.1, 0.15) is 11.9 Å². The molecule has 1 saturated heterocycles. The van der Waals surface area contributed by atoms with Gasteiger partial charge in [-0.25, -0.2) is 9.18 Å². The molecule has 0 spiro atoms. The van der Waals surface area contributed by atoms with E-state index in [4.69, 9.17) is 4.74 Å². The fraction of sp³-hybridized carbons (Fsp3) is 0.412. The van der Waals surface area contributed by atoms with Crippen molar-refractivity contribution in [3.8, 4) is 0 Å². The Bertz CT molecular complexity index is 556. The van der Waals surface area contributed by atoms with E-state index in [2.05, 4.69) is 6.58 Å². The van der Waals surface area contributed by atoms with Gasteiger partial charge < -0.3 is 9.64 Å². The van der Waals surface area contributed by atoms with E-state index in [-0.39, 0.29) is 24.2 Å². The van der Waals surface area contributed by atoms with Crippen LogP contribution >= 0.6 is 0 Å². The predicted octanol–water partition coefficient (Wildman–Crippen LogP) is 3.00. The van der Waals surface area contributed by atoms with Crippen molar-refractivity contribution in [2.75, 3.05) is 7.11 Å². The third kappa shape index (κ3) is 3.35. The van der Waals surface area contributed by atoms with E-state index < -0.39 is 12.0 Å². The minimum absolute atomic E-state index is 0.158. The topological polar surface area (TPSA) is 46.6 Å². The average Bonchev–Trinajstić information content (AvgIpc) is 2.54. The number of carbonyl (C=O) groups is 2. The van der Waals surface area contributed by atoms with Gasteiger partial charge in [-0.05, 0) is 37.0 Å². The molecule has 0 radical (unpaired) electrons. The number of ether oxygens (including phenoxy) is 1. The number of rotatable bonds is 4. The highest BCUT2D eigenvalue weighted by Crippen LogP contribution is 2.35. The average molecular weight is 305 g/mol. The van der Waals surface area contributed by atoms with Crippen molar-refractivity contribution in [3.05, 3.63) is 48.3 Å². The number of piperidine rings is 1. The van der Waals surface area contributed by atoms with Gasteiger partial charge >= 0.3 is 5.97 Å². The van der Waals surface area contributed by atoms with Crippen LogP contribution in [0.3, 0.4) is 0 Å². The highest BCUT2D eigenvalue weighted by molar-refractivity contribution is 5.85. The Kier molecular flexibility index (Phi) is 5.31. The first-order chi connectivity index (χ1) is 10.6.